The number of benzene rings is 1. The third-order valence-electron chi connectivity index (χ3n) is 10.4. The average molecular weight is 614 g/mol. The molecule has 4 aliphatic carbocycles. The zero-order valence-corrected chi connectivity index (χ0v) is 27.1. The summed E-state index contributed by atoms with van der Waals surface area (Å²) < 4.78 is 18.1. The molecular formula is C30H40NNaO11. The van der Waals surface area contributed by atoms with E-state index in [0.717, 1.165) is 25.7 Å². The Kier molecular flexibility index (Phi) is 9.32. The van der Waals surface area contributed by atoms with E-state index >= 15 is 0 Å². The first-order valence-electron chi connectivity index (χ1n) is 14.8. The molecule has 13 heteroatoms. The number of amides is 1. The fourth-order valence-electron chi connectivity index (χ4n) is 8.83. The minimum Gasteiger partial charge on any atom is -0.543 e. The van der Waals surface area contributed by atoms with Crippen molar-refractivity contribution in [2.24, 2.45) is 29.6 Å². The summed E-state index contributed by atoms with van der Waals surface area (Å²) in [5, 5.41) is 45.7. The van der Waals surface area contributed by atoms with Crippen LogP contribution in [0.2, 0.25) is 0 Å². The number of hydrogen-bond acceptors (Lipinski definition) is 11. The Morgan fingerprint density at radius 3 is 2.28 bits per heavy atom. The zero-order valence-electron chi connectivity index (χ0n) is 25.1. The number of carboxylic acids is 1. The number of carbonyl (C=O) groups is 2. The number of aliphatic hydroxyl groups excluding tert-OH is 3. The normalized spacial score (nSPS) is 42.4. The molecule has 12 nitrogen and oxygen atoms in total. The van der Waals surface area contributed by atoms with Crippen LogP contribution >= 0.6 is 0 Å². The Labute approximate surface area is 272 Å². The maximum atomic E-state index is 12.7. The number of carboxylic acid groups (broad SMARTS) is 1. The number of hydrogen-bond donors (Lipinski definition) is 4. The van der Waals surface area contributed by atoms with Gasteiger partial charge in [-0.05, 0) is 73.8 Å². The third kappa shape index (κ3) is 5.15. The van der Waals surface area contributed by atoms with Crippen LogP contribution in [0, 0.1) is 29.6 Å². The van der Waals surface area contributed by atoms with Gasteiger partial charge in [-0.15, -0.1) is 0 Å². The Balaban J connectivity index is 0.00000368. The summed E-state index contributed by atoms with van der Waals surface area (Å²) >= 11 is 0. The molecule has 0 radical (unpaired) electrons. The van der Waals surface area contributed by atoms with Crippen LogP contribution in [0.3, 0.4) is 0 Å². The summed E-state index contributed by atoms with van der Waals surface area (Å²) in [6.07, 6.45) is 0.398. The number of rotatable bonds is 9. The van der Waals surface area contributed by atoms with Crippen molar-refractivity contribution in [1.29, 1.82) is 0 Å². The molecule has 7 rings (SSSR count). The molecule has 4 N–H and O–H groups in total. The van der Waals surface area contributed by atoms with Crippen LogP contribution in [0.5, 0.6) is 5.75 Å². The molecule has 1 amide bonds. The van der Waals surface area contributed by atoms with Gasteiger partial charge in [-0.3, -0.25) is 4.79 Å². The summed E-state index contributed by atoms with van der Waals surface area (Å²) in [6, 6.07) is 5.87. The van der Waals surface area contributed by atoms with Gasteiger partial charge in [0.05, 0.1) is 12.6 Å². The molecule has 43 heavy (non-hydrogen) atoms. The first-order chi connectivity index (χ1) is 20.0. The molecule has 6 fully saturated rings. The van der Waals surface area contributed by atoms with E-state index in [4.69, 9.17) is 24.0 Å². The summed E-state index contributed by atoms with van der Waals surface area (Å²) in [6.45, 7) is 2.13. The van der Waals surface area contributed by atoms with E-state index < -0.39 is 65.9 Å². The average Bonchev–Trinajstić information content (AvgIpc) is 2.93. The van der Waals surface area contributed by atoms with Gasteiger partial charge in [-0.25, -0.2) is 4.89 Å². The molecule has 232 valence electrons. The molecule has 2 aliphatic heterocycles. The van der Waals surface area contributed by atoms with Gasteiger partial charge in [0.25, 0.3) is 11.6 Å². The number of methoxy groups -OCH3 is 1. The number of ether oxygens (including phenoxy) is 3. The molecule has 7 atom stereocenters. The summed E-state index contributed by atoms with van der Waals surface area (Å²) in [5.41, 5.74) is -0.0429. The zero-order chi connectivity index (χ0) is 30.0. The number of nitrogens with one attached hydrogen (secondary N) is 1. The molecule has 6 aliphatic rings. The van der Waals surface area contributed by atoms with E-state index in [0.29, 0.717) is 17.4 Å². The van der Waals surface area contributed by atoms with Crippen LogP contribution < -0.4 is 44.7 Å². The van der Waals surface area contributed by atoms with Crippen LogP contribution in [0.15, 0.2) is 24.3 Å². The smallest absolute Gasteiger partial charge is 0.543 e. The molecule has 1 aromatic rings. The van der Waals surface area contributed by atoms with E-state index in [-0.39, 0.29) is 53.6 Å². The maximum Gasteiger partial charge on any atom is 1.00 e. The number of aliphatic hydroxyl groups is 3. The van der Waals surface area contributed by atoms with Crippen LogP contribution in [-0.2, 0) is 34.6 Å². The Morgan fingerprint density at radius 2 is 1.77 bits per heavy atom. The topological polar surface area (TPSA) is 176 Å². The number of carbonyl (C=O) groups excluding carboxylic acids is 2. The number of aliphatic carboxylic acids is 1. The second-order valence-corrected chi connectivity index (χ2v) is 13.0. The van der Waals surface area contributed by atoms with E-state index in [2.05, 4.69) is 5.32 Å². The van der Waals surface area contributed by atoms with Crippen molar-refractivity contribution < 1.29 is 83.6 Å². The molecule has 1 spiro atoms. The van der Waals surface area contributed by atoms with Gasteiger partial charge in [-0.2, -0.15) is 4.89 Å². The van der Waals surface area contributed by atoms with Crippen molar-refractivity contribution >= 4 is 11.9 Å². The maximum absolute atomic E-state index is 12.7. The molecule has 4 saturated carbocycles. The van der Waals surface area contributed by atoms with Gasteiger partial charge in [0.2, 0.25) is 5.91 Å². The predicted octanol–water partition coefficient (Wildman–Crippen LogP) is -2.88. The molecule has 1 aromatic carbocycles. The van der Waals surface area contributed by atoms with Gasteiger partial charge in [0, 0.05) is 26.0 Å². The second kappa shape index (κ2) is 12.1. The Bertz CT molecular complexity index is 1180. The fourth-order valence-corrected chi connectivity index (χ4v) is 8.83. The molecular weight excluding hydrogens is 573 g/mol. The fraction of sp³-hybridized carbons (Fsp3) is 0.733. The van der Waals surface area contributed by atoms with Crippen LogP contribution in [0.25, 0.3) is 0 Å². The molecule has 5 unspecified atom stereocenters. The van der Waals surface area contributed by atoms with Gasteiger partial charge in [0.15, 0.2) is 5.60 Å². The van der Waals surface area contributed by atoms with Crippen LogP contribution in [0.4, 0.5) is 0 Å². The van der Waals surface area contributed by atoms with Gasteiger partial charge in [-0.1, -0.05) is 19.1 Å². The first kappa shape index (κ1) is 33.1. The van der Waals surface area contributed by atoms with E-state index in [1.54, 1.807) is 32.2 Å². The molecule has 2 heterocycles. The summed E-state index contributed by atoms with van der Waals surface area (Å²) in [5.74, 6) is -4.27. The van der Waals surface area contributed by atoms with Crippen molar-refractivity contribution in [2.75, 3.05) is 13.7 Å². The van der Waals surface area contributed by atoms with E-state index in [9.17, 15) is 30.0 Å². The van der Waals surface area contributed by atoms with Gasteiger partial charge < -0.3 is 44.7 Å². The largest absolute Gasteiger partial charge is 1.00 e. The van der Waals surface area contributed by atoms with Crippen LogP contribution in [0.1, 0.15) is 57.9 Å². The second-order valence-electron chi connectivity index (χ2n) is 13.0. The van der Waals surface area contributed by atoms with Crippen molar-refractivity contribution in [2.45, 2.75) is 93.9 Å². The predicted molar refractivity (Wildman–Crippen MR) is 141 cm³/mol. The Morgan fingerprint density at radius 1 is 1.12 bits per heavy atom. The van der Waals surface area contributed by atoms with Crippen LogP contribution in [-0.4, -0.2) is 76.7 Å². The van der Waals surface area contributed by atoms with Crippen molar-refractivity contribution in [3.05, 3.63) is 29.8 Å². The Hall–Kier alpha value is -1.32. The summed E-state index contributed by atoms with van der Waals surface area (Å²) in [4.78, 5) is 36.5. The van der Waals surface area contributed by atoms with Crippen molar-refractivity contribution in [1.82, 2.24) is 5.32 Å². The summed E-state index contributed by atoms with van der Waals surface area (Å²) in [7, 11) is 1.58. The standard InChI is InChI=1S/C30H41NO11.Na/c1-15-13-28(27(36)37,40-26(24(15)31-16(2)33)25(35)23(34)14-32)39-22-6-4-5-19(12-22)30(38-3)29(41-42-30)20-8-17-7-18(10-20)11-21(29)9-17;/h4-6,12,15,17-18,20-21,23-26,32,34-35H,7-11,13-14H2,1-3H3,(H,31,33)(H,36,37);/q;+1/p-1/t15?,17?,18?,20?,21?,23-,24?,25-,26?,28?,29?,30?;/m1./s1. The van der Waals surface area contributed by atoms with Gasteiger partial charge >= 0.3 is 29.6 Å². The quantitative estimate of drug-likeness (QED) is 0.166. The monoisotopic (exact) mass is 613 g/mol. The molecule has 0 aromatic heterocycles. The first-order valence-corrected chi connectivity index (χ1v) is 14.8. The van der Waals surface area contributed by atoms with E-state index in [1.165, 1.54) is 13.3 Å². The molecule has 2 saturated heterocycles. The van der Waals surface area contributed by atoms with Crippen molar-refractivity contribution in [3.8, 4) is 5.75 Å². The van der Waals surface area contributed by atoms with Crippen molar-refractivity contribution in [3.63, 3.8) is 0 Å². The minimum atomic E-state index is -2.38. The van der Waals surface area contributed by atoms with E-state index in [1.807, 2.05) is 6.07 Å². The SMILES string of the molecule is COC1(c2cccc(OC3(C(=O)[O-])CC(C)C(NC(C)=O)C([C@H](O)[C@H](O)CO)O3)c2)OOC12C1CC3CC(C1)CC2C3.[Na+]. The minimum absolute atomic E-state index is 0. The van der Waals surface area contributed by atoms with Gasteiger partial charge in [0.1, 0.15) is 30.0 Å². The molecule has 4 bridgehead atoms. The third-order valence-corrected chi connectivity index (χ3v) is 10.4.